The molecule has 6 heteroatoms. The Labute approximate surface area is 191 Å². The van der Waals surface area contributed by atoms with Gasteiger partial charge in [0.25, 0.3) is 0 Å². The number of hydrogen-bond acceptors (Lipinski definition) is 3. The Kier molecular flexibility index (Phi) is 7.29. The van der Waals surface area contributed by atoms with Crippen LogP contribution in [0, 0.1) is 0 Å². The average molecular weight is 459 g/mol. The van der Waals surface area contributed by atoms with Gasteiger partial charge in [0.2, 0.25) is 0 Å². The van der Waals surface area contributed by atoms with Gasteiger partial charge in [0.1, 0.15) is 11.5 Å². The van der Waals surface area contributed by atoms with Gasteiger partial charge in [-0.3, -0.25) is 4.57 Å². The van der Waals surface area contributed by atoms with Crippen LogP contribution in [0.25, 0.3) is 11.1 Å². The lowest BCUT2D eigenvalue weighted by atomic mass is 9.75. The zero-order valence-electron chi connectivity index (χ0n) is 19.2. The zero-order chi connectivity index (χ0) is 22.7. The van der Waals surface area contributed by atoms with Gasteiger partial charge in [-0.05, 0) is 60.8 Å². The third-order valence-corrected chi connectivity index (χ3v) is 8.36. The minimum Gasteiger partial charge on any atom is -0.496 e. The first-order valence-electron chi connectivity index (χ1n) is 11.9. The van der Waals surface area contributed by atoms with Crippen molar-refractivity contribution in [3.8, 4) is 22.6 Å². The summed E-state index contributed by atoms with van der Waals surface area (Å²) in [6, 6.07) is 9.50. The highest BCUT2D eigenvalue weighted by atomic mass is 31.2. The second-order valence-corrected chi connectivity index (χ2v) is 10.8. The first-order chi connectivity index (χ1) is 15.5. The highest BCUT2D eigenvalue weighted by Crippen LogP contribution is 2.50. The lowest BCUT2D eigenvalue weighted by Crippen LogP contribution is -2.24. The predicted octanol–water partition coefficient (Wildman–Crippen LogP) is 6.27. The lowest BCUT2D eigenvalue weighted by molar-refractivity contribution is 0.384. The molecule has 5 nitrogen and oxygen atoms in total. The molecule has 2 fully saturated rings. The Morgan fingerprint density at radius 1 is 0.781 bits per heavy atom. The molecule has 0 aromatic heterocycles. The number of methoxy groups -OCH3 is 2. The number of benzene rings is 2. The van der Waals surface area contributed by atoms with Crippen LogP contribution in [0.3, 0.4) is 0 Å². The fourth-order valence-corrected chi connectivity index (χ4v) is 6.97. The number of hydrogen-bond donors (Lipinski definition) is 2. The van der Waals surface area contributed by atoms with E-state index in [0.717, 1.165) is 49.7 Å². The summed E-state index contributed by atoms with van der Waals surface area (Å²) in [4.78, 5) is 21.4. The molecule has 0 amide bonds. The van der Waals surface area contributed by atoms with Gasteiger partial charge in [0.15, 0.2) is 0 Å². The van der Waals surface area contributed by atoms with Crippen LogP contribution >= 0.6 is 7.60 Å². The molecule has 0 unspecified atom stereocenters. The van der Waals surface area contributed by atoms with Crippen LogP contribution in [0.5, 0.6) is 11.5 Å². The summed E-state index contributed by atoms with van der Waals surface area (Å²) < 4.78 is 24.4. The van der Waals surface area contributed by atoms with Gasteiger partial charge in [-0.1, -0.05) is 56.7 Å². The van der Waals surface area contributed by atoms with Gasteiger partial charge >= 0.3 is 7.60 Å². The monoisotopic (exact) mass is 458 g/mol. The molecule has 0 bridgehead atoms. The summed E-state index contributed by atoms with van der Waals surface area (Å²) in [5, 5.41) is 0.190. The molecule has 2 saturated carbocycles. The van der Waals surface area contributed by atoms with Gasteiger partial charge in [0, 0.05) is 5.56 Å². The topological polar surface area (TPSA) is 76.0 Å². The number of ether oxygens (including phenoxy) is 2. The summed E-state index contributed by atoms with van der Waals surface area (Å²) in [5.41, 5.74) is 3.22. The van der Waals surface area contributed by atoms with E-state index in [4.69, 9.17) is 9.47 Å². The fraction of sp³-hybridized carbons (Fsp3) is 0.538. The summed E-state index contributed by atoms with van der Waals surface area (Å²) in [6.07, 6.45) is 11.2. The highest BCUT2D eigenvalue weighted by Gasteiger charge is 2.35. The average Bonchev–Trinajstić information content (AvgIpc) is 2.83. The van der Waals surface area contributed by atoms with Gasteiger partial charge < -0.3 is 19.3 Å². The van der Waals surface area contributed by atoms with E-state index in [-0.39, 0.29) is 11.2 Å². The standard InChI is InChI=1S/C26H35O5P/c1-30-22-14-9-15-23(31-2)25(22)21-17-16-20(18-10-5-3-6-11-18)24(26(21)32(27,28)29)19-12-7-4-8-13-19/h9,14-19H,3-8,10-13H2,1-2H3,(H2,27,28,29). The molecule has 0 atom stereocenters. The Morgan fingerprint density at radius 3 is 1.81 bits per heavy atom. The molecular weight excluding hydrogens is 423 g/mol. The maximum atomic E-state index is 13.1. The molecule has 2 aliphatic carbocycles. The van der Waals surface area contributed by atoms with Crippen LogP contribution in [-0.2, 0) is 4.57 Å². The van der Waals surface area contributed by atoms with Crippen molar-refractivity contribution in [3.05, 3.63) is 41.5 Å². The first-order valence-corrected chi connectivity index (χ1v) is 13.5. The smallest absolute Gasteiger partial charge is 0.357 e. The molecule has 0 aliphatic heterocycles. The van der Waals surface area contributed by atoms with Crippen molar-refractivity contribution in [2.45, 2.75) is 76.0 Å². The summed E-state index contributed by atoms with van der Waals surface area (Å²) >= 11 is 0. The maximum Gasteiger partial charge on any atom is 0.357 e. The lowest BCUT2D eigenvalue weighted by Gasteiger charge is -2.33. The Hall–Kier alpha value is -1.81. The van der Waals surface area contributed by atoms with Crippen LogP contribution < -0.4 is 14.8 Å². The largest absolute Gasteiger partial charge is 0.496 e. The quantitative estimate of drug-likeness (QED) is 0.499. The van der Waals surface area contributed by atoms with Crippen LogP contribution in [0.15, 0.2) is 30.3 Å². The van der Waals surface area contributed by atoms with E-state index in [2.05, 4.69) is 6.07 Å². The van der Waals surface area contributed by atoms with Gasteiger partial charge in [-0.15, -0.1) is 0 Å². The molecular formula is C26H35O5P. The maximum absolute atomic E-state index is 13.1. The van der Waals surface area contributed by atoms with Gasteiger partial charge in [0.05, 0.1) is 25.1 Å². The van der Waals surface area contributed by atoms with Crippen LogP contribution in [-0.4, -0.2) is 24.0 Å². The number of rotatable bonds is 6. The molecule has 2 aromatic rings. The molecule has 0 radical (unpaired) electrons. The fourth-order valence-electron chi connectivity index (χ4n) is 5.85. The van der Waals surface area contributed by atoms with Crippen LogP contribution in [0.1, 0.15) is 87.2 Å². The van der Waals surface area contributed by atoms with Crippen molar-refractivity contribution in [1.29, 1.82) is 0 Å². The molecule has 0 heterocycles. The van der Waals surface area contributed by atoms with E-state index < -0.39 is 7.60 Å². The second kappa shape index (κ2) is 9.99. The molecule has 32 heavy (non-hydrogen) atoms. The molecule has 0 spiro atoms. The van der Waals surface area contributed by atoms with Crippen molar-refractivity contribution in [2.24, 2.45) is 0 Å². The van der Waals surface area contributed by atoms with Crippen molar-refractivity contribution < 1.29 is 23.8 Å². The Balaban J connectivity index is 2.02. The SMILES string of the molecule is COc1cccc(OC)c1-c1ccc(C2CCCCC2)c(C2CCCCC2)c1P(=O)(O)O. The Bertz CT molecular complexity index is 962. The second-order valence-electron chi connectivity index (χ2n) is 9.22. The van der Waals surface area contributed by atoms with Crippen molar-refractivity contribution in [3.63, 3.8) is 0 Å². The molecule has 2 N–H and O–H groups in total. The van der Waals surface area contributed by atoms with Crippen LogP contribution in [0.2, 0.25) is 0 Å². The third kappa shape index (κ3) is 4.62. The van der Waals surface area contributed by atoms with E-state index in [9.17, 15) is 14.4 Å². The normalized spacial score (nSPS) is 18.5. The van der Waals surface area contributed by atoms with Crippen molar-refractivity contribution >= 4 is 12.9 Å². The molecule has 2 aliphatic rings. The Morgan fingerprint density at radius 2 is 1.31 bits per heavy atom. The van der Waals surface area contributed by atoms with Crippen molar-refractivity contribution in [1.82, 2.24) is 0 Å². The van der Waals surface area contributed by atoms with Crippen LogP contribution in [0.4, 0.5) is 0 Å². The molecule has 2 aromatic carbocycles. The van der Waals surface area contributed by atoms with Crippen molar-refractivity contribution in [2.75, 3.05) is 14.2 Å². The molecule has 174 valence electrons. The molecule has 4 rings (SSSR count). The third-order valence-electron chi connectivity index (χ3n) is 7.30. The predicted molar refractivity (Wildman–Crippen MR) is 128 cm³/mol. The highest BCUT2D eigenvalue weighted by molar-refractivity contribution is 7.60. The van der Waals surface area contributed by atoms with E-state index >= 15 is 0 Å². The van der Waals surface area contributed by atoms with Gasteiger partial charge in [-0.25, -0.2) is 0 Å². The van der Waals surface area contributed by atoms with E-state index in [1.54, 1.807) is 14.2 Å². The minimum absolute atomic E-state index is 0.184. The molecule has 0 saturated heterocycles. The van der Waals surface area contributed by atoms with E-state index in [1.165, 1.54) is 25.7 Å². The summed E-state index contributed by atoms with van der Waals surface area (Å²) in [7, 11) is -1.42. The van der Waals surface area contributed by atoms with E-state index in [1.807, 2.05) is 24.3 Å². The summed E-state index contributed by atoms with van der Waals surface area (Å²) in [6.45, 7) is 0. The first kappa shape index (κ1) is 23.4. The van der Waals surface area contributed by atoms with E-state index in [0.29, 0.717) is 28.5 Å². The van der Waals surface area contributed by atoms with Gasteiger partial charge in [-0.2, -0.15) is 0 Å². The summed E-state index contributed by atoms with van der Waals surface area (Å²) in [5.74, 6) is 1.67. The minimum atomic E-state index is -4.58. The zero-order valence-corrected chi connectivity index (χ0v) is 20.1.